The topological polar surface area (TPSA) is 0 Å². The van der Waals surface area contributed by atoms with Crippen molar-refractivity contribution < 1.29 is 36.9 Å². The maximum atomic E-state index is 2.26. The first-order chi connectivity index (χ1) is 9.89. The van der Waals surface area contributed by atoms with Crippen LogP contribution < -0.4 is 0 Å². The van der Waals surface area contributed by atoms with Gasteiger partial charge in [-0.1, -0.05) is 67.5 Å². The smallest absolute Gasteiger partial charge is 0.0213 e. The second kappa shape index (κ2) is 15.9. The molecule has 0 aliphatic rings. The molecule has 142 valence electrons. The fraction of sp³-hybridized carbons (Fsp3) is 0.500. The Labute approximate surface area is 182 Å². The number of hydrogen-bond acceptors (Lipinski definition) is 0. The van der Waals surface area contributed by atoms with E-state index in [0.717, 1.165) is 9.52 Å². The molecule has 0 saturated heterocycles. The monoisotopic (exact) mass is 512 g/mol. The zero-order chi connectivity index (χ0) is 16.4. The predicted molar refractivity (Wildman–Crippen MR) is 108 cm³/mol. The molecule has 0 saturated carbocycles. The fourth-order valence-electron chi connectivity index (χ4n) is 2.49. The predicted octanol–water partition coefficient (Wildman–Crippen LogP) is 6.11. The summed E-state index contributed by atoms with van der Waals surface area (Å²) in [5.41, 5.74) is 8.65. The number of hydrogen-bond donors (Lipinski definition) is 0. The van der Waals surface area contributed by atoms with Crippen LogP contribution in [0.4, 0.5) is 0 Å². The minimum absolute atomic E-state index is 0. The Hall–Kier alpha value is 0.441. The molecule has 0 amide bonds. The Morgan fingerprint density at radius 3 is 1.13 bits per heavy atom. The maximum absolute atomic E-state index is 2.26. The Morgan fingerprint density at radius 2 is 1.04 bits per heavy atom. The van der Waals surface area contributed by atoms with Crippen LogP contribution in [0.2, 0.25) is 13.1 Å². The van der Waals surface area contributed by atoms with Crippen LogP contribution in [0, 0.1) is 64.6 Å². The van der Waals surface area contributed by atoms with Gasteiger partial charge >= 0.3 is 0 Å². The van der Waals surface area contributed by atoms with E-state index in [4.69, 9.17) is 0 Å². The summed E-state index contributed by atoms with van der Waals surface area (Å²) in [4.78, 5) is 0. The molecule has 2 aromatic rings. The molecule has 3 heteroatoms. The molecule has 2 rings (SSSR count). The first kappa shape index (κ1) is 28.3. The Bertz CT molecular complexity index is 465. The van der Waals surface area contributed by atoms with Gasteiger partial charge in [-0.2, -0.15) is 45.5 Å². The molecule has 2 radical (unpaired) electrons. The van der Waals surface area contributed by atoms with Crippen molar-refractivity contribution >= 4 is 21.9 Å². The molecule has 0 nitrogen and oxygen atoms in total. The largest absolute Gasteiger partial charge is 0.208 e. The van der Waals surface area contributed by atoms with Gasteiger partial charge in [0, 0.05) is 46.4 Å². The van der Waals surface area contributed by atoms with E-state index in [1.165, 1.54) is 46.2 Å². The normalized spacial score (nSPS) is 8.70. The average Bonchev–Trinajstić information content (AvgIpc) is 2.92. The van der Waals surface area contributed by atoms with Crippen LogP contribution in [0.3, 0.4) is 0 Å². The van der Waals surface area contributed by atoms with Gasteiger partial charge in [0.25, 0.3) is 0 Å². The van der Waals surface area contributed by atoms with Crippen molar-refractivity contribution in [1.29, 1.82) is 0 Å². The Kier molecular flexibility index (Phi) is 19.6. The van der Waals surface area contributed by atoms with E-state index in [2.05, 4.69) is 78.9 Å². The van der Waals surface area contributed by atoms with E-state index >= 15 is 0 Å². The molecule has 0 bridgehead atoms. The van der Waals surface area contributed by atoms with Crippen LogP contribution in [0.25, 0.3) is 0 Å². The summed E-state index contributed by atoms with van der Waals surface area (Å²) in [7, 11) is 0.750. The van der Waals surface area contributed by atoms with Gasteiger partial charge < -0.3 is 0 Å². The molecule has 0 fully saturated rings. The second-order valence-corrected chi connectivity index (χ2v) is 6.92. The van der Waals surface area contributed by atoms with Crippen molar-refractivity contribution in [3.05, 3.63) is 57.6 Å². The fourth-order valence-corrected chi connectivity index (χ4v) is 2.49. The van der Waals surface area contributed by atoms with Crippen LogP contribution in [0.1, 0.15) is 47.2 Å². The third-order valence-electron chi connectivity index (χ3n) is 3.47. The van der Waals surface area contributed by atoms with E-state index in [-0.39, 0.29) is 49.3 Å². The van der Waals surface area contributed by atoms with Gasteiger partial charge in [-0.25, -0.2) is 12.1 Å². The summed E-state index contributed by atoms with van der Waals surface area (Å²) < 4.78 is 0. The van der Waals surface area contributed by atoms with Gasteiger partial charge in [0.1, 0.15) is 0 Å². The molecule has 0 spiro atoms. The van der Waals surface area contributed by atoms with Gasteiger partial charge in [0.2, 0.25) is 0 Å². The zero-order valence-corrected chi connectivity index (χ0v) is 19.6. The maximum Gasteiger partial charge on any atom is 0.0213 e. The standard InChI is InChI=1S/2C9H13.C2H7Si.ClH.Lu/c2*1-4-9-6-7(2)5-8(9)3;1-3-2;;/h2*5-6H,4H2,1-3H3;3H,1-2H3;1H;/q2*-1;;;. The molecular formula is C20H34ClLuSi-2. The summed E-state index contributed by atoms with van der Waals surface area (Å²) in [6.07, 6.45) is 2.33. The van der Waals surface area contributed by atoms with Crippen LogP contribution in [0.5, 0.6) is 0 Å². The molecule has 0 aliphatic carbocycles. The molecule has 0 unspecified atom stereocenters. The average molecular weight is 513 g/mol. The van der Waals surface area contributed by atoms with E-state index in [9.17, 15) is 0 Å². The third kappa shape index (κ3) is 11.6. The van der Waals surface area contributed by atoms with Crippen LogP contribution in [0.15, 0.2) is 24.3 Å². The third-order valence-corrected chi connectivity index (χ3v) is 3.47. The first-order valence-corrected chi connectivity index (χ1v) is 10.4. The van der Waals surface area contributed by atoms with Gasteiger partial charge in [-0.3, -0.25) is 0 Å². The molecule has 23 heavy (non-hydrogen) atoms. The van der Waals surface area contributed by atoms with Gasteiger partial charge in [-0.15, -0.1) is 12.4 Å². The summed E-state index contributed by atoms with van der Waals surface area (Å²) in [6.45, 7) is 17.4. The Balaban J connectivity index is -0.000000277. The van der Waals surface area contributed by atoms with Gasteiger partial charge in [-0.05, 0) is 0 Å². The molecule has 0 atom stereocenters. The van der Waals surface area contributed by atoms with E-state index in [1.807, 2.05) is 0 Å². The minimum Gasteiger partial charge on any atom is -0.208 e. The SMILES string of the molecule is CCc1[cH-]c(C)cc1C.CCc1[cH-]c(C)cc1C.C[SiH]C.Cl.[Lu]. The van der Waals surface area contributed by atoms with E-state index in [1.54, 1.807) is 0 Å². The van der Waals surface area contributed by atoms with Gasteiger partial charge in [0.15, 0.2) is 0 Å². The van der Waals surface area contributed by atoms with Crippen LogP contribution in [-0.4, -0.2) is 9.52 Å². The number of halogens is 1. The van der Waals surface area contributed by atoms with E-state index < -0.39 is 0 Å². The summed E-state index contributed by atoms with van der Waals surface area (Å²) in [5.74, 6) is 0. The summed E-state index contributed by atoms with van der Waals surface area (Å²) in [5, 5.41) is 0. The Morgan fingerprint density at radius 1 is 0.783 bits per heavy atom. The molecule has 0 aliphatic heterocycles. The zero-order valence-electron chi connectivity index (χ0n) is 16.0. The summed E-state index contributed by atoms with van der Waals surface area (Å²) in [6, 6.07) is 8.99. The molecule has 0 heterocycles. The van der Waals surface area contributed by atoms with Crippen LogP contribution in [-0.2, 0) is 12.8 Å². The quantitative estimate of drug-likeness (QED) is 0.336. The molecule has 0 aromatic heterocycles. The first-order valence-electron chi connectivity index (χ1n) is 8.09. The number of aryl methyl sites for hydroxylation is 6. The van der Waals surface area contributed by atoms with Crippen LogP contribution >= 0.6 is 12.4 Å². The molecule has 2 aromatic carbocycles. The van der Waals surface area contributed by atoms with E-state index in [0.29, 0.717) is 0 Å². The van der Waals surface area contributed by atoms with Crippen molar-refractivity contribution in [1.82, 2.24) is 0 Å². The van der Waals surface area contributed by atoms with Crippen molar-refractivity contribution in [2.24, 2.45) is 0 Å². The van der Waals surface area contributed by atoms with Crippen molar-refractivity contribution in [3.8, 4) is 0 Å². The molecule has 0 N–H and O–H groups in total. The minimum atomic E-state index is 0. The van der Waals surface area contributed by atoms with Crippen molar-refractivity contribution in [2.45, 2.75) is 67.5 Å². The van der Waals surface area contributed by atoms with Gasteiger partial charge in [0.05, 0.1) is 0 Å². The molecular weight excluding hydrogens is 479 g/mol. The summed E-state index contributed by atoms with van der Waals surface area (Å²) >= 11 is 0. The van der Waals surface area contributed by atoms with Crippen molar-refractivity contribution in [3.63, 3.8) is 0 Å². The number of rotatable bonds is 2. The van der Waals surface area contributed by atoms with Crippen molar-refractivity contribution in [2.75, 3.05) is 0 Å². The second-order valence-electron chi connectivity index (χ2n) is 5.77.